The SMILES string of the molecule is CCC(C)Nc1c(-c2cc(F)ccc2C(F)(F)F)c(Cl)nc2ncnn12. The highest BCUT2D eigenvalue weighted by Gasteiger charge is 2.35. The summed E-state index contributed by atoms with van der Waals surface area (Å²) in [7, 11) is 0. The van der Waals surface area contributed by atoms with Gasteiger partial charge in [-0.05, 0) is 31.5 Å². The highest BCUT2D eigenvalue weighted by molar-refractivity contribution is 6.33. The van der Waals surface area contributed by atoms with E-state index in [0.717, 1.165) is 12.1 Å². The Morgan fingerprint density at radius 2 is 2.04 bits per heavy atom. The smallest absolute Gasteiger partial charge is 0.367 e. The van der Waals surface area contributed by atoms with Gasteiger partial charge in [0.05, 0.1) is 11.1 Å². The first-order chi connectivity index (χ1) is 12.2. The molecule has 0 spiro atoms. The molecule has 0 aliphatic heterocycles. The maximum absolute atomic E-state index is 13.8. The molecule has 1 atom stereocenters. The fourth-order valence-corrected chi connectivity index (χ4v) is 2.76. The first-order valence-corrected chi connectivity index (χ1v) is 8.13. The van der Waals surface area contributed by atoms with Crippen molar-refractivity contribution in [3.63, 3.8) is 0 Å². The zero-order valence-electron chi connectivity index (χ0n) is 13.8. The molecule has 26 heavy (non-hydrogen) atoms. The Morgan fingerprint density at radius 1 is 1.31 bits per heavy atom. The maximum Gasteiger partial charge on any atom is 0.417 e. The van der Waals surface area contributed by atoms with Crippen LogP contribution in [0.5, 0.6) is 0 Å². The van der Waals surface area contributed by atoms with Gasteiger partial charge >= 0.3 is 6.18 Å². The number of benzene rings is 1. The van der Waals surface area contributed by atoms with E-state index in [9.17, 15) is 17.6 Å². The zero-order valence-corrected chi connectivity index (χ0v) is 14.5. The van der Waals surface area contributed by atoms with Gasteiger partial charge in [0.15, 0.2) is 0 Å². The molecule has 2 aromatic heterocycles. The van der Waals surface area contributed by atoms with Gasteiger partial charge in [0.1, 0.15) is 23.1 Å². The summed E-state index contributed by atoms with van der Waals surface area (Å²) in [5.74, 6) is -0.533. The maximum atomic E-state index is 13.8. The van der Waals surface area contributed by atoms with Gasteiger partial charge in [0.2, 0.25) is 0 Å². The second-order valence-electron chi connectivity index (χ2n) is 5.74. The Bertz CT molecular complexity index is 954. The van der Waals surface area contributed by atoms with Crippen molar-refractivity contribution in [1.82, 2.24) is 19.6 Å². The second kappa shape index (κ2) is 6.71. The molecule has 1 aromatic carbocycles. The molecule has 1 unspecified atom stereocenters. The van der Waals surface area contributed by atoms with Crippen molar-refractivity contribution in [3.8, 4) is 11.1 Å². The van der Waals surface area contributed by atoms with Gasteiger partial charge < -0.3 is 5.32 Å². The number of alkyl halides is 3. The molecule has 0 amide bonds. The van der Waals surface area contributed by atoms with Crippen molar-refractivity contribution < 1.29 is 17.6 Å². The standard InChI is InChI=1S/C16H14ClF4N5/c1-3-8(2)24-14-12(13(17)25-15-22-7-23-26(14)15)10-6-9(18)4-5-11(10)16(19,20)21/h4-8,24H,3H2,1-2H3. The molecule has 0 bridgehead atoms. The molecule has 0 saturated heterocycles. The predicted molar refractivity (Wildman–Crippen MR) is 89.6 cm³/mol. The summed E-state index contributed by atoms with van der Waals surface area (Å²) >= 11 is 6.18. The third-order valence-corrected chi connectivity index (χ3v) is 4.21. The van der Waals surface area contributed by atoms with Crippen LogP contribution >= 0.6 is 11.6 Å². The van der Waals surface area contributed by atoms with Crippen LogP contribution in [0.1, 0.15) is 25.8 Å². The number of aromatic nitrogens is 4. The fraction of sp³-hybridized carbons (Fsp3) is 0.312. The number of anilines is 1. The van der Waals surface area contributed by atoms with Crippen LogP contribution in [0.2, 0.25) is 5.15 Å². The average molecular weight is 388 g/mol. The first-order valence-electron chi connectivity index (χ1n) is 7.75. The molecule has 0 saturated carbocycles. The summed E-state index contributed by atoms with van der Waals surface area (Å²) in [6.45, 7) is 3.75. The topological polar surface area (TPSA) is 55.1 Å². The van der Waals surface area contributed by atoms with Gasteiger partial charge in [-0.15, -0.1) is 0 Å². The lowest BCUT2D eigenvalue weighted by Crippen LogP contribution is -2.18. The molecule has 3 rings (SSSR count). The van der Waals surface area contributed by atoms with E-state index in [1.165, 1.54) is 10.8 Å². The molecule has 0 aliphatic carbocycles. The van der Waals surface area contributed by atoms with Gasteiger partial charge in [-0.2, -0.15) is 32.8 Å². The van der Waals surface area contributed by atoms with Crippen LogP contribution in [0, 0.1) is 5.82 Å². The molecule has 2 heterocycles. The van der Waals surface area contributed by atoms with Gasteiger partial charge in [-0.1, -0.05) is 18.5 Å². The number of nitrogens with one attached hydrogen (secondary N) is 1. The number of rotatable bonds is 4. The van der Waals surface area contributed by atoms with Gasteiger partial charge in [-0.25, -0.2) is 4.39 Å². The summed E-state index contributed by atoms with van der Waals surface area (Å²) in [5.41, 5.74) is -1.52. The highest BCUT2D eigenvalue weighted by Crippen LogP contribution is 2.42. The lowest BCUT2D eigenvalue weighted by molar-refractivity contribution is -0.137. The Morgan fingerprint density at radius 3 is 2.69 bits per heavy atom. The summed E-state index contributed by atoms with van der Waals surface area (Å²) in [4.78, 5) is 7.90. The molecular weight excluding hydrogens is 374 g/mol. The average Bonchev–Trinajstić information content (AvgIpc) is 3.01. The molecule has 0 radical (unpaired) electrons. The first kappa shape index (κ1) is 18.4. The van der Waals surface area contributed by atoms with Crippen LogP contribution in [0.15, 0.2) is 24.5 Å². The second-order valence-corrected chi connectivity index (χ2v) is 6.10. The summed E-state index contributed by atoms with van der Waals surface area (Å²) < 4.78 is 55.4. The minimum absolute atomic E-state index is 0.0863. The molecule has 0 aliphatic rings. The molecule has 138 valence electrons. The van der Waals surface area contributed by atoms with E-state index in [2.05, 4.69) is 20.4 Å². The molecule has 10 heteroatoms. The van der Waals surface area contributed by atoms with E-state index >= 15 is 0 Å². The van der Waals surface area contributed by atoms with E-state index in [-0.39, 0.29) is 28.4 Å². The predicted octanol–water partition coefficient (Wildman–Crippen LogP) is 4.81. The fourth-order valence-electron chi connectivity index (χ4n) is 2.49. The summed E-state index contributed by atoms with van der Waals surface area (Å²) in [6, 6.07) is 2.11. The quantitative estimate of drug-likeness (QED) is 0.515. The molecule has 5 nitrogen and oxygen atoms in total. The third-order valence-electron chi connectivity index (χ3n) is 3.93. The van der Waals surface area contributed by atoms with Crippen LogP contribution in [0.25, 0.3) is 16.9 Å². The number of hydrogen-bond donors (Lipinski definition) is 1. The summed E-state index contributed by atoms with van der Waals surface area (Å²) in [6.07, 6.45) is -2.80. The van der Waals surface area contributed by atoms with Crippen molar-refractivity contribution in [2.75, 3.05) is 5.32 Å². The van der Waals surface area contributed by atoms with E-state index in [4.69, 9.17) is 11.6 Å². The van der Waals surface area contributed by atoms with Crippen LogP contribution in [-0.2, 0) is 6.18 Å². The minimum Gasteiger partial charge on any atom is -0.367 e. The number of fused-ring (bicyclic) bond motifs is 1. The highest BCUT2D eigenvalue weighted by atomic mass is 35.5. The third kappa shape index (κ3) is 3.31. The Kier molecular flexibility index (Phi) is 4.74. The molecule has 1 N–H and O–H groups in total. The Balaban J connectivity index is 2.37. The molecule has 0 fully saturated rings. The monoisotopic (exact) mass is 387 g/mol. The van der Waals surface area contributed by atoms with Gasteiger partial charge in [0.25, 0.3) is 5.78 Å². The van der Waals surface area contributed by atoms with Crippen molar-refractivity contribution in [2.24, 2.45) is 0 Å². The lowest BCUT2D eigenvalue weighted by atomic mass is 10.00. The van der Waals surface area contributed by atoms with Crippen LogP contribution < -0.4 is 5.32 Å². The van der Waals surface area contributed by atoms with Crippen LogP contribution in [0.3, 0.4) is 0 Å². The van der Waals surface area contributed by atoms with Gasteiger partial charge in [0, 0.05) is 11.6 Å². The van der Waals surface area contributed by atoms with E-state index in [1.54, 1.807) is 0 Å². The number of nitrogens with zero attached hydrogens (tertiary/aromatic N) is 4. The van der Waals surface area contributed by atoms with Gasteiger partial charge in [-0.3, -0.25) is 0 Å². The number of halogens is 5. The normalized spacial score (nSPS) is 13.2. The van der Waals surface area contributed by atoms with Crippen LogP contribution in [-0.4, -0.2) is 25.6 Å². The number of hydrogen-bond acceptors (Lipinski definition) is 4. The van der Waals surface area contributed by atoms with E-state index in [0.29, 0.717) is 12.5 Å². The van der Waals surface area contributed by atoms with E-state index < -0.39 is 23.1 Å². The van der Waals surface area contributed by atoms with Crippen molar-refractivity contribution in [1.29, 1.82) is 0 Å². The lowest BCUT2D eigenvalue weighted by Gasteiger charge is -2.20. The van der Waals surface area contributed by atoms with Crippen molar-refractivity contribution in [3.05, 3.63) is 41.1 Å². The Labute approximate surface area is 151 Å². The Hall–Kier alpha value is -2.42. The largest absolute Gasteiger partial charge is 0.417 e. The van der Waals surface area contributed by atoms with E-state index in [1.807, 2.05) is 13.8 Å². The summed E-state index contributed by atoms with van der Waals surface area (Å²) in [5, 5.41) is 6.84. The molecule has 3 aromatic rings. The molecular formula is C16H14ClF4N5. The zero-order chi connectivity index (χ0) is 19.1. The van der Waals surface area contributed by atoms with Crippen LogP contribution in [0.4, 0.5) is 23.4 Å². The van der Waals surface area contributed by atoms with Crippen molar-refractivity contribution >= 4 is 23.2 Å². The van der Waals surface area contributed by atoms with Crippen molar-refractivity contribution in [2.45, 2.75) is 32.5 Å². The minimum atomic E-state index is -4.70.